The van der Waals surface area contributed by atoms with Crippen LogP contribution in [0.1, 0.15) is 12.8 Å². The summed E-state index contributed by atoms with van der Waals surface area (Å²) in [6.07, 6.45) is 3.93. The Balaban J connectivity index is 1.26. The second-order valence-electron chi connectivity index (χ2n) is 8.15. The minimum Gasteiger partial charge on any atom is -0.482 e. The summed E-state index contributed by atoms with van der Waals surface area (Å²) in [7, 11) is 1.62. The monoisotopic (exact) mass is 421 g/mol. The lowest BCUT2D eigenvalue weighted by Crippen LogP contribution is -2.44. The highest BCUT2D eigenvalue weighted by molar-refractivity contribution is 8.14. The lowest BCUT2D eigenvalue weighted by molar-refractivity contribution is 0.0520. The van der Waals surface area contributed by atoms with Gasteiger partial charge in [0.05, 0.1) is 38.4 Å². The van der Waals surface area contributed by atoms with E-state index in [0.717, 1.165) is 57.9 Å². The molecule has 29 heavy (non-hydrogen) atoms. The molecule has 10 heteroatoms. The van der Waals surface area contributed by atoms with E-state index < -0.39 is 0 Å². The van der Waals surface area contributed by atoms with Crippen molar-refractivity contribution in [3.05, 3.63) is 11.9 Å². The summed E-state index contributed by atoms with van der Waals surface area (Å²) < 4.78 is 16.5. The van der Waals surface area contributed by atoms with Gasteiger partial charge in [-0.1, -0.05) is 11.8 Å². The highest BCUT2D eigenvalue weighted by Gasteiger charge is 2.45. The summed E-state index contributed by atoms with van der Waals surface area (Å²) in [6.45, 7) is 6.20. The fourth-order valence-corrected chi connectivity index (χ4v) is 5.86. The summed E-state index contributed by atoms with van der Waals surface area (Å²) >= 11 is 1.58. The van der Waals surface area contributed by atoms with Gasteiger partial charge in [-0.2, -0.15) is 0 Å². The predicted octanol–water partition coefficient (Wildman–Crippen LogP) is 0.881. The lowest BCUT2D eigenvalue weighted by atomic mass is 9.87. The van der Waals surface area contributed by atoms with E-state index in [1.165, 1.54) is 0 Å². The van der Waals surface area contributed by atoms with Crippen LogP contribution in [0.15, 0.2) is 21.9 Å². The van der Waals surface area contributed by atoms with Gasteiger partial charge in [0.25, 0.3) is 0 Å². The van der Waals surface area contributed by atoms with Crippen LogP contribution in [-0.2, 0) is 14.2 Å². The van der Waals surface area contributed by atoms with Gasteiger partial charge in [-0.3, -0.25) is 5.32 Å². The number of hydrogen-bond donors (Lipinski definition) is 1. The summed E-state index contributed by atoms with van der Waals surface area (Å²) in [5.74, 6) is 0.590. The number of likely N-dealkylation sites (tertiary alicyclic amines) is 1. The predicted molar refractivity (Wildman–Crippen MR) is 110 cm³/mol. The van der Waals surface area contributed by atoms with Gasteiger partial charge in [0.15, 0.2) is 5.17 Å². The number of nitrogens with zero attached hydrogens (tertiary/aromatic N) is 4. The van der Waals surface area contributed by atoms with E-state index in [0.29, 0.717) is 24.3 Å². The third kappa shape index (κ3) is 3.62. The molecule has 0 aromatic heterocycles. The molecule has 0 bridgehead atoms. The standard InChI is InChI=1S/C19H27N5O4S/c1-26-16-14-15(13(10-20-16)23-5-8-27-9-6-23)29-17(21-14)22-18(25)24-4-2-19(11-24)3-7-28-12-19/h10,14-15H,2-9,11-12H2,1H3,(H,21,22,25)/t14?,15?,19-/m0/s1. The highest BCUT2D eigenvalue weighted by Crippen LogP contribution is 2.39. The second-order valence-corrected chi connectivity index (χ2v) is 9.28. The van der Waals surface area contributed by atoms with E-state index in [-0.39, 0.29) is 22.7 Å². The molecule has 1 N–H and O–H groups in total. The molecule has 158 valence electrons. The van der Waals surface area contributed by atoms with Crippen molar-refractivity contribution < 1.29 is 19.0 Å². The Morgan fingerprint density at radius 1 is 1.28 bits per heavy atom. The Morgan fingerprint density at radius 3 is 2.90 bits per heavy atom. The maximum Gasteiger partial charge on any atom is 0.323 e. The molecule has 0 radical (unpaired) electrons. The minimum atomic E-state index is -0.212. The van der Waals surface area contributed by atoms with Gasteiger partial charge in [0.1, 0.15) is 6.04 Å². The largest absolute Gasteiger partial charge is 0.482 e. The van der Waals surface area contributed by atoms with Crippen LogP contribution in [0.3, 0.4) is 0 Å². The third-order valence-corrected chi connectivity index (χ3v) is 7.54. The van der Waals surface area contributed by atoms with Gasteiger partial charge in [-0.25, -0.2) is 14.8 Å². The number of amides is 2. The number of nitrogens with one attached hydrogen (secondary N) is 1. The smallest absolute Gasteiger partial charge is 0.323 e. The molecule has 0 aromatic rings. The first-order valence-corrected chi connectivity index (χ1v) is 11.1. The summed E-state index contributed by atoms with van der Waals surface area (Å²) in [5.41, 5.74) is 1.28. The maximum atomic E-state index is 12.9. The SMILES string of the molecule is COC1=NC=C(N2CCOCC2)C2SC(NC(=O)N3CC[C@]4(CCOC4)C3)=NC12. The average molecular weight is 422 g/mol. The van der Waals surface area contributed by atoms with Crippen LogP contribution >= 0.6 is 11.8 Å². The molecule has 0 saturated carbocycles. The van der Waals surface area contributed by atoms with Crippen LogP contribution < -0.4 is 5.32 Å². The van der Waals surface area contributed by atoms with Crippen molar-refractivity contribution in [3.8, 4) is 0 Å². The van der Waals surface area contributed by atoms with E-state index in [1.54, 1.807) is 18.9 Å². The molecule has 1 spiro atoms. The molecule has 2 unspecified atom stereocenters. The Hall–Kier alpha value is -1.78. The van der Waals surface area contributed by atoms with E-state index in [4.69, 9.17) is 19.2 Å². The summed E-state index contributed by atoms with van der Waals surface area (Å²) in [5, 5.41) is 3.73. The molecule has 2 amide bonds. The quantitative estimate of drug-likeness (QED) is 0.676. The first kappa shape index (κ1) is 19.2. The van der Waals surface area contributed by atoms with E-state index in [2.05, 4.69) is 15.2 Å². The number of rotatable bonds is 1. The van der Waals surface area contributed by atoms with Crippen LogP contribution in [0.5, 0.6) is 0 Å². The second kappa shape index (κ2) is 7.81. The molecule has 3 saturated heterocycles. The molecule has 5 aliphatic rings. The molecular weight excluding hydrogens is 394 g/mol. The topological polar surface area (TPSA) is 88.0 Å². The number of amidine groups is 1. The van der Waals surface area contributed by atoms with Crippen molar-refractivity contribution in [2.45, 2.75) is 24.1 Å². The Bertz CT molecular complexity index is 758. The average Bonchev–Trinajstić information content (AvgIpc) is 3.48. The van der Waals surface area contributed by atoms with Gasteiger partial charge < -0.3 is 24.0 Å². The van der Waals surface area contributed by atoms with Gasteiger partial charge in [0.2, 0.25) is 5.90 Å². The van der Waals surface area contributed by atoms with Crippen molar-refractivity contribution in [2.24, 2.45) is 15.4 Å². The first-order valence-electron chi connectivity index (χ1n) is 10.2. The number of ether oxygens (including phenoxy) is 3. The van der Waals surface area contributed by atoms with Crippen LogP contribution in [0.4, 0.5) is 4.79 Å². The zero-order valence-electron chi connectivity index (χ0n) is 16.6. The molecule has 5 heterocycles. The number of urea groups is 1. The van der Waals surface area contributed by atoms with Crippen LogP contribution in [0.25, 0.3) is 0 Å². The zero-order valence-corrected chi connectivity index (χ0v) is 17.4. The molecular formula is C19H27N5O4S. The number of morpholine rings is 1. The molecule has 0 aromatic carbocycles. The number of hydrogen-bond acceptors (Lipinski definition) is 8. The van der Waals surface area contributed by atoms with E-state index >= 15 is 0 Å². The normalized spacial score (nSPS) is 34.0. The third-order valence-electron chi connectivity index (χ3n) is 6.36. The number of fused-ring (bicyclic) bond motifs is 1. The van der Waals surface area contributed by atoms with E-state index in [9.17, 15) is 4.79 Å². The zero-order chi connectivity index (χ0) is 19.8. The number of carbonyl (C=O) groups is 1. The molecule has 5 aliphatic heterocycles. The van der Waals surface area contributed by atoms with Crippen LogP contribution in [0, 0.1) is 5.41 Å². The molecule has 0 aliphatic carbocycles. The maximum absolute atomic E-state index is 12.9. The minimum absolute atomic E-state index is 0.0593. The van der Waals surface area contributed by atoms with Crippen molar-refractivity contribution in [3.63, 3.8) is 0 Å². The Labute approximate surface area is 174 Å². The summed E-state index contributed by atoms with van der Waals surface area (Å²) in [4.78, 5) is 26.3. The van der Waals surface area contributed by atoms with Crippen molar-refractivity contribution in [2.75, 3.05) is 59.7 Å². The van der Waals surface area contributed by atoms with Gasteiger partial charge in [-0.15, -0.1) is 0 Å². The van der Waals surface area contributed by atoms with Crippen molar-refractivity contribution >= 4 is 28.9 Å². The molecule has 5 rings (SSSR count). The number of methoxy groups -OCH3 is 1. The summed E-state index contributed by atoms with van der Waals surface area (Å²) in [6, 6.07) is -0.289. The number of aliphatic imine (C=N–C) groups is 2. The number of thioether (sulfide) groups is 1. The Morgan fingerprint density at radius 2 is 2.14 bits per heavy atom. The fraction of sp³-hybridized carbons (Fsp3) is 0.737. The van der Waals surface area contributed by atoms with E-state index in [1.807, 2.05) is 11.1 Å². The highest BCUT2D eigenvalue weighted by atomic mass is 32.2. The lowest BCUT2D eigenvalue weighted by Gasteiger charge is -2.35. The van der Waals surface area contributed by atoms with Gasteiger partial charge in [0, 0.05) is 43.9 Å². The van der Waals surface area contributed by atoms with Gasteiger partial charge >= 0.3 is 6.03 Å². The molecule has 3 fully saturated rings. The fourth-order valence-electron chi connectivity index (χ4n) is 4.66. The van der Waals surface area contributed by atoms with Crippen molar-refractivity contribution in [1.29, 1.82) is 0 Å². The van der Waals surface area contributed by atoms with Crippen molar-refractivity contribution in [1.82, 2.24) is 15.1 Å². The molecule has 3 atom stereocenters. The van der Waals surface area contributed by atoms with Crippen LogP contribution in [0.2, 0.25) is 0 Å². The molecule has 9 nitrogen and oxygen atoms in total. The van der Waals surface area contributed by atoms with Crippen LogP contribution in [-0.4, -0.2) is 97.9 Å². The Kier molecular flexibility index (Phi) is 5.17. The number of carbonyl (C=O) groups excluding carboxylic acids is 1. The van der Waals surface area contributed by atoms with Gasteiger partial charge in [-0.05, 0) is 12.8 Å². The first-order chi connectivity index (χ1) is 14.2.